The van der Waals surface area contributed by atoms with Gasteiger partial charge in [0.2, 0.25) is 41.4 Å². The van der Waals surface area contributed by atoms with Gasteiger partial charge in [0.15, 0.2) is 11.7 Å². The van der Waals surface area contributed by atoms with Crippen LogP contribution in [0.15, 0.2) is 69.4 Å². The van der Waals surface area contributed by atoms with Crippen LogP contribution in [0.25, 0.3) is 0 Å². The zero-order chi connectivity index (χ0) is 64.3. The molecule has 0 fully saturated rings. The number of aliphatic carboxylic acids is 1. The lowest BCUT2D eigenvalue weighted by Gasteiger charge is -2.22. The first-order valence-corrected chi connectivity index (χ1v) is 31.2. The minimum absolute atomic E-state index is 0.00501. The zero-order valence-electron chi connectivity index (χ0n) is 50.3. The van der Waals surface area contributed by atoms with Crippen LogP contribution in [0, 0.1) is 24.7 Å². The molecule has 7 amide bonds. The number of halogens is 1. The van der Waals surface area contributed by atoms with Gasteiger partial charge in [0.25, 0.3) is 0 Å². The van der Waals surface area contributed by atoms with Crippen LogP contribution in [0.5, 0.6) is 0 Å². The van der Waals surface area contributed by atoms with Crippen molar-refractivity contribution < 1.29 is 60.6 Å². The summed E-state index contributed by atoms with van der Waals surface area (Å²) in [6.45, 7) is 17.6. The highest BCUT2D eigenvalue weighted by Crippen LogP contribution is 2.20. The van der Waals surface area contributed by atoms with Crippen LogP contribution in [0.1, 0.15) is 113 Å². The molecule has 2 aromatic carbocycles. The number of carboxylic acids is 1. The molecule has 16 N–H and O–H groups in total. The topological polar surface area (TPSA) is 409 Å². The molecular weight excluding hydrogens is 1140 g/mol. The Hall–Kier alpha value is -6.36. The van der Waals surface area contributed by atoms with E-state index in [0.717, 1.165) is 17.7 Å². The molecule has 2 rings (SSSR count). The van der Waals surface area contributed by atoms with Crippen molar-refractivity contribution in [2.45, 2.75) is 154 Å². The third kappa shape index (κ3) is 43.9. The van der Waals surface area contributed by atoms with Crippen molar-refractivity contribution in [3.05, 3.63) is 60.2 Å². The fraction of sp³-hybridized carbons (Fsp3) is 0.600. The molecule has 0 saturated heterocycles. The number of thioether (sulfide) groups is 2. The summed E-state index contributed by atoms with van der Waals surface area (Å²) in [6, 6.07) is 11.8. The summed E-state index contributed by atoms with van der Waals surface area (Å²) in [6.07, 6.45) is 7.11. The van der Waals surface area contributed by atoms with Crippen molar-refractivity contribution in [1.82, 2.24) is 37.2 Å². The van der Waals surface area contributed by atoms with Gasteiger partial charge >= 0.3 is 16.2 Å². The third-order valence-electron chi connectivity index (χ3n) is 11.0. The molecule has 24 nitrogen and oxygen atoms in total. The van der Waals surface area contributed by atoms with Crippen molar-refractivity contribution in [2.75, 3.05) is 51.0 Å². The van der Waals surface area contributed by atoms with Gasteiger partial charge in [-0.05, 0) is 100 Å². The molecule has 0 aliphatic heterocycles. The van der Waals surface area contributed by atoms with E-state index < -0.39 is 89.0 Å². The Labute approximate surface area is 499 Å². The number of aryl methyl sites for hydroxylation is 1. The third-order valence-corrected chi connectivity index (χ3v) is 13.1. The molecule has 83 heavy (non-hydrogen) atoms. The van der Waals surface area contributed by atoms with Gasteiger partial charge in [-0.25, -0.2) is 4.79 Å². The Bertz CT molecular complexity index is 2400. The first kappa shape index (κ1) is 80.9. The second kappa shape index (κ2) is 47.0. The predicted octanol–water partition coefficient (Wildman–Crippen LogP) is 2.64. The maximum atomic E-state index is 12.7. The van der Waals surface area contributed by atoms with Crippen LogP contribution in [-0.2, 0) is 53.4 Å². The fourth-order valence-corrected chi connectivity index (χ4v) is 7.35. The maximum absolute atomic E-state index is 12.7. The number of amides is 7. The number of nitrogens with one attached hydrogen (secondary N) is 7. The van der Waals surface area contributed by atoms with E-state index in [1.165, 1.54) is 41.3 Å². The average Bonchev–Trinajstić information content (AvgIpc) is 3.44. The van der Waals surface area contributed by atoms with Crippen molar-refractivity contribution in [1.29, 1.82) is 0 Å². The van der Waals surface area contributed by atoms with E-state index >= 15 is 0 Å². The van der Waals surface area contributed by atoms with Gasteiger partial charge in [0.05, 0.1) is 43.2 Å². The predicted molar refractivity (Wildman–Crippen MR) is 327 cm³/mol. The molecule has 5 atom stereocenters. The minimum Gasteiger partial charge on any atom is -0.480 e. The first-order valence-electron chi connectivity index (χ1n) is 27.2. The number of carbonyl (C=O) groups excluding carboxylic acids is 8. The Morgan fingerprint density at radius 2 is 1.16 bits per heavy atom. The van der Waals surface area contributed by atoms with E-state index in [0.29, 0.717) is 12.8 Å². The van der Waals surface area contributed by atoms with E-state index in [4.69, 9.17) is 22.9 Å². The van der Waals surface area contributed by atoms with Crippen LogP contribution in [0.2, 0.25) is 0 Å². The zero-order valence-corrected chi connectivity index (χ0v) is 52.8. The Morgan fingerprint density at radius 3 is 1.58 bits per heavy atom. The highest BCUT2D eigenvalue weighted by molar-refractivity contribution is 7.98. The van der Waals surface area contributed by atoms with Gasteiger partial charge < -0.3 is 65.3 Å². The van der Waals surface area contributed by atoms with Crippen LogP contribution in [0.3, 0.4) is 0 Å². The summed E-state index contributed by atoms with van der Waals surface area (Å²) < 4.78 is 33.3. The van der Waals surface area contributed by atoms with E-state index in [9.17, 15) is 60.6 Å². The number of guanidine groups is 1. The lowest BCUT2D eigenvalue weighted by molar-refractivity contribution is -0.142. The number of carboxylic acid groups (broad SMARTS) is 1. The van der Waals surface area contributed by atoms with Crippen molar-refractivity contribution in [2.24, 2.45) is 45.7 Å². The molecule has 472 valence electrons. The number of benzene rings is 2. The highest BCUT2D eigenvalue weighted by Gasteiger charge is 2.26. The highest BCUT2D eigenvalue weighted by atomic mass is 32.3. The molecule has 0 aliphatic carbocycles. The summed E-state index contributed by atoms with van der Waals surface area (Å²) >= 11 is 3.22. The number of Topliss-reactive ketones (excluding diaryl/α,β-unsaturated/α-hetero) is 1. The SMILES string of the molecule is CC(C)CC(NC(=O)CNC(=O)C(CC(C)C)NC(=O)CNC(=O)C(CCCN=C(N)N)NC(=O)CN)C(=O)O.CCCCC(=O)C(C)NC(=O)CNC(=O)C(N)C(C)C.CCSC.CSc1cccc(S(=O)(=O)F)c1.Cc1ccccc1. The molecule has 5 unspecified atom stereocenters. The van der Waals surface area contributed by atoms with Gasteiger partial charge in [-0.15, -0.1) is 15.6 Å². The lowest BCUT2D eigenvalue weighted by atomic mass is 10.0. The molecule has 0 aromatic heterocycles. The minimum atomic E-state index is -4.55. The van der Waals surface area contributed by atoms with E-state index in [1.54, 1.807) is 19.2 Å². The Morgan fingerprint density at radius 1 is 0.675 bits per heavy atom. The normalized spacial score (nSPS) is 12.3. The number of unbranched alkanes of at least 4 members (excludes halogenated alkanes) is 1. The van der Waals surface area contributed by atoms with Crippen molar-refractivity contribution in [3.63, 3.8) is 0 Å². The number of hydrogen-bond acceptors (Lipinski definition) is 16. The smallest absolute Gasteiger partial charge is 0.332 e. The molecule has 0 aliphatic rings. The summed E-state index contributed by atoms with van der Waals surface area (Å²) in [7, 11) is -4.55. The molecule has 2 aromatic rings. The van der Waals surface area contributed by atoms with Gasteiger partial charge in [-0.3, -0.25) is 43.3 Å². The van der Waals surface area contributed by atoms with E-state index in [1.807, 2.05) is 78.4 Å². The Kier molecular flexibility index (Phi) is 45.8. The number of hydrogen-bond donors (Lipinski definition) is 12. The van der Waals surface area contributed by atoms with Gasteiger partial charge in [0, 0.05) is 17.9 Å². The molecule has 0 spiro atoms. The van der Waals surface area contributed by atoms with Crippen LogP contribution in [-0.4, -0.2) is 154 Å². The number of nitrogens with two attached hydrogens (primary N) is 4. The largest absolute Gasteiger partial charge is 0.480 e. The number of ketones is 1. The van der Waals surface area contributed by atoms with E-state index in [-0.39, 0.29) is 85.1 Å². The standard InChI is InChI=1S/C24H45N9O7.C14H27N3O3.C7H7FO2S2.C7H8.C3H8S/c1-13(2)8-16(22(38)30-12-20(36)33-17(23(39)40)9-14(3)4)32-19(35)11-29-21(37)15(31-18(34)10-25)6-5-7-28-24(26)27;1-5-6-7-11(18)10(4)17-12(19)8-16-14(20)13(15)9(2)3;1-11-6-3-2-4-7(5-6)12(8,9)10;1-7-5-3-2-4-6-7;1-3-4-2/h13-17H,5-12,25H2,1-4H3,(H,29,37)(H,30,38)(H,31,34)(H,32,35)(H,33,36)(H,39,40)(H4,26,27,28);9-10,13H,5-8,15H2,1-4H3,(H,16,20)(H,17,19);2-5H,1H3;2-6H,1H3;3H2,1-2H3. The molecule has 0 heterocycles. The second-order valence-electron chi connectivity index (χ2n) is 19.7. The summed E-state index contributed by atoms with van der Waals surface area (Å²) in [5.41, 5.74) is 22.8. The average molecular weight is 1230 g/mol. The van der Waals surface area contributed by atoms with Gasteiger partial charge in [-0.1, -0.05) is 104 Å². The van der Waals surface area contributed by atoms with Crippen molar-refractivity contribution >= 4 is 92.8 Å². The van der Waals surface area contributed by atoms with Crippen LogP contribution >= 0.6 is 23.5 Å². The number of nitrogens with zero attached hydrogens (tertiary/aromatic N) is 1. The molecule has 0 radical (unpaired) electrons. The number of rotatable bonds is 31. The lowest BCUT2D eigenvalue weighted by Crippen LogP contribution is -2.54. The summed E-state index contributed by atoms with van der Waals surface area (Å²) in [4.78, 5) is 112. The molecule has 0 bridgehead atoms. The van der Waals surface area contributed by atoms with Gasteiger partial charge in [-0.2, -0.15) is 20.2 Å². The van der Waals surface area contributed by atoms with Crippen LogP contribution in [0.4, 0.5) is 3.89 Å². The van der Waals surface area contributed by atoms with E-state index in [2.05, 4.69) is 74.4 Å². The monoisotopic (exact) mass is 1230 g/mol. The first-order chi connectivity index (χ1) is 38.8. The fourth-order valence-electron chi connectivity index (χ4n) is 6.31. The number of aliphatic imine (C=N–C) groups is 1. The molecule has 0 saturated carbocycles. The van der Waals surface area contributed by atoms with Crippen LogP contribution < -0.4 is 60.2 Å². The molecule has 28 heteroatoms. The second-order valence-corrected chi connectivity index (χ2v) is 23.1. The summed E-state index contributed by atoms with van der Waals surface area (Å²) in [5.74, 6) is -3.99. The quantitative estimate of drug-likeness (QED) is 0.0170. The van der Waals surface area contributed by atoms with Gasteiger partial charge in [0.1, 0.15) is 18.1 Å². The Balaban J connectivity index is -0.00000121. The number of carbonyl (C=O) groups is 9. The molecular formula is C55H95FN12O12S3. The van der Waals surface area contributed by atoms with Crippen molar-refractivity contribution in [3.8, 4) is 0 Å². The summed E-state index contributed by atoms with van der Waals surface area (Å²) in [5, 5.41) is 26.5. The maximum Gasteiger partial charge on any atom is 0.332 e.